The zero-order chi connectivity index (χ0) is 11.7. The van der Waals surface area contributed by atoms with E-state index in [0.717, 1.165) is 17.6 Å². The Labute approximate surface area is 98.3 Å². The van der Waals surface area contributed by atoms with Crippen LogP contribution in [0.25, 0.3) is 0 Å². The van der Waals surface area contributed by atoms with Crippen LogP contribution in [0.5, 0.6) is 0 Å². The molecule has 1 fully saturated rings. The molecule has 0 radical (unpaired) electrons. The van der Waals surface area contributed by atoms with Gasteiger partial charge in [0.1, 0.15) is 0 Å². The van der Waals surface area contributed by atoms with Crippen molar-refractivity contribution < 1.29 is 0 Å². The smallest absolute Gasteiger partial charge is 0.203 e. The van der Waals surface area contributed by atoms with E-state index in [0.29, 0.717) is 12.1 Å². The Morgan fingerprint density at radius 2 is 2.12 bits per heavy atom. The minimum absolute atomic E-state index is 0.499. The summed E-state index contributed by atoms with van der Waals surface area (Å²) in [6.07, 6.45) is 5.98. The summed E-state index contributed by atoms with van der Waals surface area (Å²) in [5, 5.41) is 3.54. The van der Waals surface area contributed by atoms with Crippen molar-refractivity contribution in [3.05, 3.63) is 11.9 Å². The number of aryl methyl sites for hydroxylation is 1. The van der Waals surface area contributed by atoms with Crippen molar-refractivity contribution >= 4 is 5.95 Å². The molecule has 3 nitrogen and oxygen atoms in total. The third-order valence-corrected chi connectivity index (χ3v) is 2.99. The van der Waals surface area contributed by atoms with Crippen LogP contribution >= 0.6 is 0 Å². The normalized spacial score (nSPS) is 17.8. The molecule has 1 heterocycles. The SMILES string of the molecule is Cc1cn(C2CC2)c(NC(C)CC(C)C)n1. The summed E-state index contributed by atoms with van der Waals surface area (Å²) in [6, 6.07) is 1.20. The van der Waals surface area contributed by atoms with Crippen LogP contribution in [0.3, 0.4) is 0 Å². The molecule has 3 heteroatoms. The number of imidazole rings is 1. The van der Waals surface area contributed by atoms with Crippen LogP contribution in [0.4, 0.5) is 5.95 Å². The average Bonchev–Trinajstić information content (AvgIpc) is 2.90. The van der Waals surface area contributed by atoms with Gasteiger partial charge in [-0.15, -0.1) is 0 Å². The summed E-state index contributed by atoms with van der Waals surface area (Å²) in [7, 11) is 0. The van der Waals surface area contributed by atoms with Gasteiger partial charge in [0.05, 0.1) is 5.69 Å². The van der Waals surface area contributed by atoms with Gasteiger partial charge < -0.3 is 9.88 Å². The molecule has 16 heavy (non-hydrogen) atoms. The van der Waals surface area contributed by atoms with Gasteiger partial charge in [0.25, 0.3) is 0 Å². The Kier molecular flexibility index (Phi) is 3.22. The topological polar surface area (TPSA) is 29.9 Å². The number of aromatic nitrogens is 2. The lowest BCUT2D eigenvalue weighted by Crippen LogP contribution is -2.20. The molecule has 1 aromatic rings. The lowest BCUT2D eigenvalue weighted by atomic mass is 10.1. The molecule has 1 aromatic heterocycles. The summed E-state index contributed by atoms with van der Waals surface area (Å²) in [5.41, 5.74) is 1.12. The Morgan fingerprint density at radius 3 is 2.69 bits per heavy atom. The molecule has 0 aliphatic heterocycles. The van der Waals surface area contributed by atoms with Crippen LogP contribution < -0.4 is 5.32 Å². The summed E-state index contributed by atoms with van der Waals surface area (Å²) in [4.78, 5) is 4.57. The molecule has 1 unspecified atom stereocenters. The molecular formula is C13H23N3. The molecule has 2 rings (SSSR count). The Balaban J connectivity index is 2.02. The minimum Gasteiger partial charge on any atom is -0.353 e. The maximum Gasteiger partial charge on any atom is 0.203 e. The van der Waals surface area contributed by atoms with Crippen LogP contribution in [-0.2, 0) is 0 Å². The van der Waals surface area contributed by atoms with Crippen LogP contribution in [0, 0.1) is 12.8 Å². The zero-order valence-electron chi connectivity index (χ0n) is 10.8. The molecule has 1 atom stereocenters. The second-order valence-electron chi connectivity index (χ2n) is 5.52. The number of hydrogen-bond donors (Lipinski definition) is 1. The van der Waals surface area contributed by atoms with Crippen molar-refractivity contribution in [3.63, 3.8) is 0 Å². The lowest BCUT2D eigenvalue weighted by Gasteiger charge is -2.17. The summed E-state index contributed by atoms with van der Waals surface area (Å²) >= 11 is 0. The Bertz CT molecular complexity index is 350. The van der Waals surface area contributed by atoms with Gasteiger partial charge in [-0.05, 0) is 39.0 Å². The number of nitrogens with zero attached hydrogens (tertiary/aromatic N) is 2. The van der Waals surface area contributed by atoms with Crippen LogP contribution in [0.15, 0.2) is 6.20 Å². The van der Waals surface area contributed by atoms with Crippen molar-refractivity contribution in [2.45, 2.75) is 59.0 Å². The molecule has 1 aliphatic rings. The Hall–Kier alpha value is -0.990. The number of rotatable bonds is 5. The van der Waals surface area contributed by atoms with Gasteiger partial charge in [0.15, 0.2) is 0 Å². The van der Waals surface area contributed by atoms with E-state index in [9.17, 15) is 0 Å². The summed E-state index contributed by atoms with van der Waals surface area (Å²) in [5.74, 6) is 1.79. The zero-order valence-corrected chi connectivity index (χ0v) is 10.8. The lowest BCUT2D eigenvalue weighted by molar-refractivity contribution is 0.535. The van der Waals surface area contributed by atoms with E-state index in [1.165, 1.54) is 19.3 Å². The maximum absolute atomic E-state index is 4.57. The number of nitrogens with one attached hydrogen (secondary N) is 1. The molecule has 90 valence electrons. The fourth-order valence-electron chi connectivity index (χ4n) is 2.24. The van der Waals surface area contributed by atoms with E-state index in [1.807, 2.05) is 0 Å². The van der Waals surface area contributed by atoms with E-state index in [1.54, 1.807) is 0 Å². The molecule has 1 N–H and O–H groups in total. The summed E-state index contributed by atoms with van der Waals surface area (Å²) in [6.45, 7) is 8.83. The first-order valence-electron chi connectivity index (χ1n) is 6.38. The highest BCUT2D eigenvalue weighted by molar-refractivity contribution is 5.31. The highest BCUT2D eigenvalue weighted by Crippen LogP contribution is 2.37. The Morgan fingerprint density at radius 1 is 1.44 bits per heavy atom. The van der Waals surface area contributed by atoms with Crippen molar-refractivity contribution in [1.29, 1.82) is 0 Å². The van der Waals surface area contributed by atoms with Crippen molar-refractivity contribution in [2.24, 2.45) is 5.92 Å². The van der Waals surface area contributed by atoms with Crippen molar-refractivity contribution in [2.75, 3.05) is 5.32 Å². The molecule has 0 saturated heterocycles. The molecule has 1 aliphatic carbocycles. The van der Waals surface area contributed by atoms with Gasteiger partial charge in [-0.25, -0.2) is 4.98 Å². The largest absolute Gasteiger partial charge is 0.353 e. The third kappa shape index (κ3) is 2.77. The maximum atomic E-state index is 4.57. The van der Waals surface area contributed by atoms with Crippen molar-refractivity contribution in [1.82, 2.24) is 9.55 Å². The quantitative estimate of drug-likeness (QED) is 0.826. The van der Waals surface area contributed by atoms with E-state index in [-0.39, 0.29) is 0 Å². The first kappa shape index (κ1) is 11.5. The van der Waals surface area contributed by atoms with Gasteiger partial charge >= 0.3 is 0 Å². The van der Waals surface area contributed by atoms with Crippen molar-refractivity contribution in [3.8, 4) is 0 Å². The van der Waals surface area contributed by atoms with Crippen LogP contribution in [-0.4, -0.2) is 15.6 Å². The van der Waals surface area contributed by atoms with Gasteiger partial charge in [-0.3, -0.25) is 0 Å². The predicted octanol–water partition coefficient (Wildman–Crippen LogP) is 3.37. The molecule has 1 saturated carbocycles. The predicted molar refractivity (Wildman–Crippen MR) is 67.8 cm³/mol. The van der Waals surface area contributed by atoms with Gasteiger partial charge in [0, 0.05) is 18.3 Å². The monoisotopic (exact) mass is 221 g/mol. The highest BCUT2D eigenvalue weighted by atomic mass is 15.2. The molecule has 0 aromatic carbocycles. The average molecular weight is 221 g/mol. The first-order chi connectivity index (χ1) is 7.56. The van der Waals surface area contributed by atoms with E-state index < -0.39 is 0 Å². The van der Waals surface area contributed by atoms with Gasteiger partial charge in [-0.2, -0.15) is 0 Å². The standard InChI is InChI=1S/C13H23N3/c1-9(2)7-10(3)14-13-15-11(4)8-16(13)12-5-6-12/h8-10,12H,5-7H2,1-4H3,(H,14,15). The molecule has 0 spiro atoms. The second-order valence-corrected chi connectivity index (χ2v) is 5.52. The highest BCUT2D eigenvalue weighted by Gasteiger charge is 2.26. The number of hydrogen-bond acceptors (Lipinski definition) is 2. The van der Waals surface area contributed by atoms with E-state index >= 15 is 0 Å². The van der Waals surface area contributed by atoms with Gasteiger partial charge in [-0.1, -0.05) is 13.8 Å². The van der Waals surface area contributed by atoms with Gasteiger partial charge in [0.2, 0.25) is 5.95 Å². The number of anilines is 1. The molecule has 0 amide bonds. The molecular weight excluding hydrogens is 198 g/mol. The van der Waals surface area contributed by atoms with E-state index in [4.69, 9.17) is 0 Å². The third-order valence-electron chi connectivity index (χ3n) is 2.99. The second kappa shape index (κ2) is 4.48. The molecule has 0 bridgehead atoms. The minimum atomic E-state index is 0.499. The fraction of sp³-hybridized carbons (Fsp3) is 0.769. The first-order valence-corrected chi connectivity index (χ1v) is 6.38. The summed E-state index contributed by atoms with van der Waals surface area (Å²) < 4.78 is 2.31. The fourth-order valence-corrected chi connectivity index (χ4v) is 2.24. The van der Waals surface area contributed by atoms with E-state index in [2.05, 4.69) is 48.8 Å². The van der Waals surface area contributed by atoms with Crippen LogP contribution in [0.2, 0.25) is 0 Å². The van der Waals surface area contributed by atoms with Crippen LogP contribution in [0.1, 0.15) is 51.8 Å².